The van der Waals surface area contributed by atoms with Crippen LogP contribution in [0.3, 0.4) is 0 Å². The summed E-state index contributed by atoms with van der Waals surface area (Å²) < 4.78 is 17.0. The van der Waals surface area contributed by atoms with E-state index < -0.39 is 71.3 Å². The number of aliphatic hydroxyl groups is 4. The van der Waals surface area contributed by atoms with E-state index in [9.17, 15) is 34.8 Å². The number of nitrogens with zero attached hydrogens (tertiary/aromatic N) is 1. The van der Waals surface area contributed by atoms with Crippen LogP contribution in [0.15, 0.2) is 34.3 Å². The molecule has 7 atom stereocenters. The third-order valence-electron chi connectivity index (χ3n) is 8.71. The number of allylic oxidation sites excluding steroid dienone is 1. The van der Waals surface area contributed by atoms with E-state index in [-0.39, 0.29) is 36.3 Å². The molecule has 4 rings (SSSR count). The van der Waals surface area contributed by atoms with E-state index >= 15 is 0 Å². The lowest BCUT2D eigenvalue weighted by atomic mass is 9.53. The number of Topliss-reactive ketones (excluding diaryl/α,β-unsaturated/α-hetero) is 1. The van der Waals surface area contributed by atoms with Gasteiger partial charge in [0.15, 0.2) is 5.76 Å². The van der Waals surface area contributed by atoms with Crippen molar-refractivity contribution in [2.24, 2.45) is 16.7 Å². The number of carbonyl (C=O) groups excluding carboxylic acids is 3. The molecule has 0 radical (unpaired) electrons. The van der Waals surface area contributed by atoms with E-state index in [1.165, 1.54) is 25.1 Å². The summed E-state index contributed by atoms with van der Waals surface area (Å²) in [7, 11) is 3.01. The van der Waals surface area contributed by atoms with Crippen LogP contribution in [0.5, 0.6) is 0 Å². The van der Waals surface area contributed by atoms with Crippen molar-refractivity contribution in [1.29, 1.82) is 0 Å². The number of hydrogen-bond acceptors (Lipinski definition) is 11. The van der Waals surface area contributed by atoms with Gasteiger partial charge in [-0.2, -0.15) is 0 Å². The largest absolute Gasteiger partial charge is 0.504 e. The Morgan fingerprint density at radius 1 is 1.29 bits per heavy atom. The SMILES string of the molecule is COC[C@H]1OC(=O)/C(=C/N(C)CC(O)CO)C2=C(O)C(=O)C3=C([C@H](OC(C)=O)C[C@]4(C)[C@@H](O)CC[C@@H]34)[C@]21C. The lowest BCUT2D eigenvalue weighted by Crippen LogP contribution is -2.57. The van der Waals surface area contributed by atoms with E-state index in [1.807, 2.05) is 6.92 Å². The van der Waals surface area contributed by atoms with Gasteiger partial charge in [-0.25, -0.2) is 4.79 Å². The molecule has 38 heavy (non-hydrogen) atoms. The molecule has 2 fully saturated rings. The number of rotatable bonds is 7. The van der Waals surface area contributed by atoms with Crippen LogP contribution in [0.1, 0.15) is 40.0 Å². The second kappa shape index (κ2) is 10.1. The Balaban J connectivity index is 1.97. The number of ether oxygens (including phenoxy) is 3. The first-order chi connectivity index (χ1) is 17.8. The molecule has 0 aromatic carbocycles. The fourth-order valence-corrected chi connectivity index (χ4v) is 6.94. The second-order valence-corrected chi connectivity index (χ2v) is 11.2. The van der Waals surface area contributed by atoms with Crippen LogP contribution in [0.2, 0.25) is 0 Å². The van der Waals surface area contributed by atoms with Crippen molar-refractivity contribution in [3.8, 4) is 0 Å². The molecule has 11 heteroatoms. The van der Waals surface area contributed by atoms with Crippen LogP contribution in [-0.2, 0) is 28.6 Å². The van der Waals surface area contributed by atoms with Gasteiger partial charge < -0.3 is 39.5 Å². The van der Waals surface area contributed by atoms with Crippen molar-refractivity contribution in [2.45, 2.75) is 64.4 Å². The molecule has 1 aliphatic heterocycles. The molecule has 1 heterocycles. The Hall–Kier alpha value is -2.73. The minimum absolute atomic E-state index is 0.0317. The Bertz CT molecular complexity index is 1120. The normalized spacial score (nSPS) is 36.5. The predicted octanol–water partition coefficient (Wildman–Crippen LogP) is 0.537. The minimum atomic E-state index is -1.31. The summed E-state index contributed by atoms with van der Waals surface area (Å²) in [4.78, 5) is 40.9. The number of hydrogen-bond donors (Lipinski definition) is 4. The zero-order valence-corrected chi connectivity index (χ0v) is 22.4. The molecule has 0 spiro atoms. The number of fused-ring (bicyclic) bond motifs is 4. The van der Waals surface area contributed by atoms with Crippen LogP contribution in [-0.4, -0.2) is 101 Å². The number of aliphatic hydroxyl groups excluding tert-OH is 4. The highest BCUT2D eigenvalue weighted by molar-refractivity contribution is 6.13. The van der Waals surface area contributed by atoms with Gasteiger partial charge in [-0.1, -0.05) is 6.92 Å². The van der Waals surface area contributed by atoms with E-state index in [0.717, 1.165) is 0 Å². The maximum atomic E-state index is 13.9. The van der Waals surface area contributed by atoms with Gasteiger partial charge in [0.1, 0.15) is 12.2 Å². The zero-order valence-electron chi connectivity index (χ0n) is 22.4. The van der Waals surface area contributed by atoms with E-state index in [0.29, 0.717) is 18.4 Å². The third kappa shape index (κ3) is 4.25. The van der Waals surface area contributed by atoms with Crippen LogP contribution in [0, 0.1) is 16.7 Å². The van der Waals surface area contributed by atoms with Crippen LogP contribution >= 0.6 is 0 Å². The molecule has 11 nitrogen and oxygen atoms in total. The standard InChI is InChI=1S/C27H37NO10/c1-13(30)37-17-8-26(2)16(6-7-18(26)32)20-22(17)27(3)19(12-36-5)38-25(35)15(21(27)24(34)23(20)33)10-28(4)9-14(31)11-29/h10,14,16-19,29,31-32,34H,6-9,11-12H2,1-5H3/b15-10+/t14?,16-,17+,18-,19+,26-,27-/m0/s1. The summed E-state index contributed by atoms with van der Waals surface area (Å²) in [5.74, 6) is -3.06. The van der Waals surface area contributed by atoms with E-state index in [4.69, 9.17) is 14.2 Å². The fraction of sp³-hybridized carbons (Fsp3) is 0.667. The molecular weight excluding hydrogens is 498 g/mol. The monoisotopic (exact) mass is 535 g/mol. The number of likely N-dealkylation sites (N-methyl/N-ethyl adjacent to an activating group) is 1. The first-order valence-corrected chi connectivity index (χ1v) is 12.8. The van der Waals surface area contributed by atoms with Crippen LogP contribution < -0.4 is 0 Å². The summed E-state index contributed by atoms with van der Waals surface area (Å²) in [5, 5.41) is 41.4. The minimum Gasteiger partial charge on any atom is -0.504 e. The van der Waals surface area contributed by atoms with Gasteiger partial charge in [-0.15, -0.1) is 0 Å². The highest BCUT2D eigenvalue weighted by Gasteiger charge is 2.64. The maximum absolute atomic E-state index is 13.9. The molecule has 4 N–H and O–H groups in total. The van der Waals surface area contributed by atoms with Gasteiger partial charge in [0.05, 0.1) is 36.4 Å². The van der Waals surface area contributed by atoms with Crippen molar-refractivity contribution in [3.63, 3.8) is 0 Å². The molecule has 0 aromatic heterocycles. The molecule has 1 unspecified atom stereocenters. The molecule has 0 bridgehead atoms. The van der Waals surface area contributed by atoms with Gasteiger partial charge >= 0.3 is 11.9 Å². The number of esters is 2. The lowest BCUT2D eigenvalue weighted by Gasteiger charge is -2.54. The fourth-order valence-electron chi connectivity index (χ4n) is 6.94. The van der Waals surface area contributed by atoms with Crippen molar-refractivity contribution in [3.05, 3.63) is 34.3 Å². The molecule has 210 valence electrons. The highest BCUT2D eigenvalue weighted by atomic mass is 16.6. The Morgan fingerprint density at radius 2 is 1.97 bits per heavy atom. The zero-order chi connectivity index (χ0) is 28.2. The summed E-state index contributed by atoms with van der Waals surface area (Å²) in [6, 6.07) is 0. The number of methoxy groups -OCH3 is 1. The van der Waals surface area contributed by atoms with Gasteiger partial charge in [0.25, 0.3) is 0 Å². The average molecular weight is 536 g/mol. The Labute approximate surface area is 221 Å². The predicted molar refractivity (Wildman–Crippen MR) is 132 cm³/mol. The Morgan fingerprint density at radius 3 is 2.58 bits per heavy atom. The summed E-state index contributed by atoms with van der Waals surface area (Å²) >= 11 is 0. The third-order valence-corrected chi connectivity index (χ3v) is 8.71. The maximum Gasteiger partial charge on any atom is 0.340 e. The van der Waals surface area contributed by atoms with E-state index in [2.05, 4.69) is 0 Å². The number of ketones is 1. The van der Waals surface area contributed by atoms with Crippen molar-refractivity contribution >= 4 is 17.7 Å². The Kier molecular flexibility index (Phi) is 7.52. The van der Waals surface area contributed by atoms with Gasteiger partial charge in [-0.3, -0.25) is 9.59 Å². The quantitative estimate of drug-likeness (QED) is 0.266. The second-order valence-electron chi connectivity index (χ2n) is 11.2. The van der Waals surface area contributed by atoms with Gasteiger partial charge in [0.2, 0.25) is 5.78 Å². The molecule has 3 aliphatic carbocycles. The van der Waals surface area contributed by atoms with Gasteiger partial charge in [-0.05, 0) is 37.7 Å². The first kappa shape index (κ1) is 28.3. The smallest absolute Gasteiger partial charge is 0.340 e. The molecule has 1 saturated carbocycles. The topological polar surface area (TPSA) is 163 Å². The lowest BCUT2D eigenvalue weighted by molar-refractivity contribution is -0.161. The molecule has 1 saturated heterocycles. The number of cyclic esters (lactones) is 1. The molecule has 4 aliphatic rings. The molecule has 0 aromatic rings. The van der Waals surface area contributed by atoms with Crippen molar-refractivity contribution in [1.82, 2.24) is 4.90 Å². The molecule has 0 amide bonds. The summed E-state index contributed by atoms with van der Waals surface area (Å²) in [6.45, 7) is 4.27. The average Bonchev–Trinajstić information content (AvgIpc) is 3.13. The van der Waals surface area contributed by atoms with Crippen molar-refractivity contribution < 1.29 is 49.0 Å². The first-order valence-electron chi connectivity index (χ1n) is 12.8. The van der Waals surface area contributed by atoms with E-state index in [1.54, 1.807) is 14.0 Å². The van der Waals surface area contributed by atoms with Crippen LogP contribution in [0.4, 0.5) is 0 Å². The molecular formula is C27H37NO10. The van der Waals surface area contributed by atoms with Gasteiger partial charge in [0, 0.05) is 50.4 Å². The highest BCUT2D eigenvalue weighted by Crippen LogP contribution is 2.63. The summed E-state index contributed by atoms with van der Waals surface area (Å²) in [5.41, 5.74) is -1.40. The number of carbonyl (C=O) groups is 3. The van der Waals surface area contributed by atoms with Crippen LogP contribution in [0.25, 0.3) is 0 Å². The summed E-state index contributed by atoms with van der Waals surface area (Å²) in [6.07, 6.45) is -1.13. The van der Waals surface area contributed by atoms with Crippen molar-refractivity contribution in [2.75, 3.05) is 33.9 Å².